The molecular formula is C24H29ClN4O3S. The molecule has 1 aliphatic heterocycles. The molecule has 33 heavy (non-hydrogen) atoms. The Morgan fingerprint density at radius 1 is 1.18 bits per heavy atom. The number of nitrogens with one attached hydrogen (secondary N) is 1. The Morgan fingerprint density at radius 2 is 1.94 bits per heavy atom. The monoisotopic (exact) mass is 488 g/mol. The summed E-state index contributed by atoms with van der Waals surface area (Å²) in [7, 11) is -1.49. The zero-order chi connectivity index (χ0) is 23.8. The van der Waals surface area contributed by atoms with Crippen molar-refractivity contribution < 1.29 is 13.2 Å². The third kappa shape index (κ3) is 4.87. The zero-order valence-corrected chi connectivity index (χ0v) is 20.7. The lowest BCUT2D eigenvalue weighted by molar-refractivity contribution is 0.0929. The van der Waals surface area contributed by atoms with Crippen LogP contribution in [-0.2, 0) is 17.1 Å². The number of benzene rings is 2. The first kappa shape index (κ1) is 23.6. The van der Waals surface area contributed by atoms with E-state index in [9.17, 15) is 13.2 Å². The Balaban J connectivity index is 1.65. The molecule has 7 nitrogen and oxygen atoms in total. The molecule has 4 rings (SSSR count). The number of anilines is 1. The summed E-state index contributed by atoms with van der Waals surface area (Å²) < 4.78 is 28.5. The van der Waals surface area contributed by atoms with Crippen LogP contribution < -0.4 is 9.62 Å². The van der Waals surface area contributed by atoms with Crippen molar-refractivity contribution in [1.29, 1.82) is 0 Å². The number of para-hydroxylation sites is 2. The van der Waals surface area contributed by atoms with Gasteiger partial charge in [0.05, 0.1) is 33.5 Å². The van der Waals surface area contributed by atoms with Crippen LogP contribution in [0.1, 0.15) is 55.3 Å². The van der Waals surface area contributed by atoms with E-state index in [0.717, 1.165) is 23.3 Å². The Labute approximate surface area is 199 Å². The van der Waals surface area contributed by atoms with E-state index in [1.807, 2.05) is 35.9 Å². The van der Waals surface area contributed by atoms with Gasteiger partial charge in [0.15, 0.2) is 0 Å². The Morgan fingerprint density at radius 3 is 2.64 bits per heavy atom. The van der Waals surface area contributed by atoms with E-state index in [0.29, 0.717) is 41.6 Å². The number of carbonyl (C=O) groups excluding carboxylic acids is 1. The van der Waals surface area contributed by atoms with E-state index >= 15 is 0 Å². The van der Waals surface area contributed by atoms with Gasteiger partial charge in [-0.1, -0.05) is 37.6 Å². The predicted octanol–water partition coefficient (Wildman–Crippen LogP) is 4.67. The summed E-state index contributed by atoms with van der Waals surface area (Å²) in [5.74, 6) is 0.906. The quantitative estimate of drug-likeness (QED) is 0.546. The van der Waals surface area contributed by atoms with Crippen LogP contribution in [0.5, 0.6) is 0 Å². The SMILES string of the molecule is CC(C)C[C@H](NC(=O)c1ccc(Cl)c(N2CCCCS2(=O)=O)c1)c1nc2ccccc2n1C. The summed E-state index contributed by atoms with van der Waals surface area (Å²) in [6, 6.07) is 12.4. The minimum absolute atomic E-state index is 0.0862. The summed E-state index contributed by atoms with van der Waals surface area (Å²) in [4.78, 5) is 18.1. The van der Waals surface area contributed by atoms with Crippen LogP contribution in [0, 0.1) is 5.92 Å². The number of amides is 1. The van der Waals surface area contributed by atoms with Gasteiger partial charge in [-0.25, -0.2) is 13.4 Å². The molecule has 0 aliphatic carbocycles. The molecule has 1 amide bonds. The van der Waals surface area contributed by atoms with Gasteiger partial charge in [0.25, 0.3) is 5.91 Å². The van der Waals surface area contributed by atoms with Crippen LogP contribution in [-0.4, -0.2) is 36.2 Å². The predicted molar refractivity (Wildman–Crippen MR) is 132 cm³/mol. The first-order valence-electron chi connectivity index (χ1n) is 11.2. The Hall–Kier alpha value is -2.58. The number of imidazole rings is 1. The van der Waals surface area contributed by atoms with Crippen LogP contribution in [0.25, 0.3) is 11.0 Å². The first-order valence-corrected chi connectivity index (χ1v) is 13.2. The molecule has 0 spiro atoms. The number of carbonyl (C=O) groups is 1. The van der Waals surface area contributed by atoms with Gasteiger partial charge >= 0.3 is 0 Å². The van der Waals surface area contributed by atoms with E-state index < -0.39 is 10.0 Å². The summed E-state index contributed by atoms with van der Waals surface area (Å²) in [5, 5.41) is 3.43. The number of hydrogen-bond donors (Lipinski definition) is 1. The van der Waals surface area contributed by atoms with Crippen LogP contribution in [0.2, 0.25) is 5.02 Å². The van der Waals surface area contributed by atoms with Gasteiger partial charge < -0.3 is 9.88 Å². The second-order valence-electron chi connectivity index (χ2n) is 8.93. The van der Waals surface area contributed by atoms with Crippen LogP contribution in [0.3, 0.4) is 0 Å². The molecular weight excluding hydrogens is 460 g/mol. The fourth-order valence-electron chi connectivity index (χ4n) is 4.32. The highest BCUT2D eigenvalue weighted by molar-refractivity contribution is 7.92. The molecule has 1 aliphatic rings. The molecule has 1 N–H and O–H groups in total. The van der Waals surface area contributed by atoms with E-state index in [4.69, 9.17) is 16.6 Å². The molecule has 1 aromatic heterocycles. The minimum atomic E-state index is -3.44. The molecule has 9 heteroatoms. The molecule has 0 saturated carbocycles. The molecule has 0 radical (unpaired) electrons. The van der Waals surface area contributed by atoms with Crippen molar-refractivity contribution in [3.8, 4) is 0 Å². The topological polar surface area (TPSA) is 84.3 Å². The van der Waals surface area contributed by atoms with Crippen molar-refractivity contribution in [2.75, 3.05) is 16.6 Å². The summed E-state index contributed by atoms with van der Waals surface area (Å²) in [6.07, 6.45) is 2.10. The summed E-state index contributed by atoms with van der Waals surface area (Å²) in [5.41, 5.74) is 2.59. The number of halogens is 1. The van der Waals surface area contributed by atoms with Gasteiger partial charge in [-0.15, -0.1) is 0 Å². The lowest BCUT2D eigenvalue weighted by atomic mass is 10.0. The summed E-state index contributed by atoms with van der Waals surface area (Å²) in [6.45, 7) is 4.57. The molecule has 0 unspecified atom stereocenters. The average Bonchev–Trinajstić information content (AvgIpc) is 3.10. The first-order chi connectivity index (χ1) is 15.7. The van der Waals surface area contributed by atoms with E-state index in [1.165, 1.54) is 4.31 Å². The highest BCUT2D eigenvalue weighted by atomic mass is 35.5. The standard InChI is InChI=1S/C24H29ClN4O3S/c1-16(2)14-20(23-26-19-8-4-5-9-21(19)28(23)3)27-24(30)17-10-11-18(25)22(15-17)29-12-6-7-13-33(29,31)32/h4-5,8-11,15-16,20H,6-7,12-14H2,1-3H3,(H,27,30)/t20-/m0/s1. The maximum Gasteiger partial charge on any atom is 0.251 e. The number of nitrogens with zero attached hydrogens (tertiary/aromatic N) is 3. The van der Waals surface area contributed by atoms with E-state index in [1.54, 1.807) is 18.2 Å². The van der Waals surface area contributed by atoms with Crippen molar-refractivity contribution >= 4 is 44.3 Å². The molecule has 1 atom stereocenters. The molecule has 1 saturated heterocycles. The molecule has 1 fully saturated rings. The molecule has 2 heterocycles. The second-order valence-corrected chi connectivity index (χ2v) is 11.4. The number of rotatable bonds is 6. The number of sulfonamides is 1. The lowest BCUT2D eigenvalue weighted by Gasteiger charge is -2.29. The average molecular weight is 489 g/mol. The minimum Gasteiger partial charge on any atom is -0.342 e. The number of aryl methyl sites for hydroxylation is 1. The van der Waals surface area contributed by atoms with Gasteiger partial charge in [-0.2, -0.15) is 0 Å². The highest BCUT2D eigenvalue weighted by Gasteiger charge is 2.29. The van der Waals surface area contributed by atoms with Crippen molar-refractivity contribution in [1.82, 2.24) is 14.9 Å². The third-order valence-electron chi connectivity index (χ3n) is 5.97. The normalized spacial score (nSPS) is 16.8. The largest absolute Gasteiger partial charge is 0.342 e. The second kappa shape index (κ2) is 9.35. The van der Waals surface area contributed by atoms with Gasteiger partial charge in [-0.05, 0) is 55.5 Å². The van der Waals surface area contributed by atoms with E-state index in [-0.39, 0.29) is 17.7 Å². The maximum atomic E-state index is 13.3. The number of hydrogen-bond acceptors (Lipinski definition) is 4. The molecule has 0 bridgehead atoms. The number of aromatic nitrogens is 2. The third-order valence-corrected chi connectivity index (χ3v) is 8.15. The van der Waals surface area contributed by atoms with Crippen LogP contribution in [0.4, 0.5) is 5.69 Å². The van der Waals surface area contributed by atoms with Gasteiger partial charge in [0, 0.05) is 19.2 Å². The van der Waals surface area contributed by atoms with E-state index in [2.05, 4.69) is 19.2 Å². The number of fused-ring (bicyclic) bond motifs is 1. The van der Waals surface area contributed by atoms with Gasteiger partial charge in [-0.3, -0.25) is 9.10 Å². The van der Waals surface area contributed by atoms with Crippen molar-refractivity contribution in [2.24, 2.45) is 13.0 Å². The van der Waals surface area contributed by atoms with Crippen molar-refractivity contribution in [3.05, 3.63) is 58.9 Å². The highest BCUT2D eigenvalue weighted by Crippen LogP contribution is 2.32. The van der Waals surface area contributed by atoms with Crippen molar-refractivity contribution in [2.45, 2.75) is 39.2 Å². The Kier molecular flexibility index (Phi) is 6.68. The van der Waals surface area contributed by atoms with Crippen LogP contribution >= 0.6 is 11.6 Å². The van der Waals surface area contributed by atoms with Crippen molar-refractivity contribution in [3.63, 3.8) is 0 Å². The zero-order valence-electron chi connectivity index (χ0n) is 19.1. The lowest BCUT2D eigenvalue weighted by Crippen LogP contribution is -2.38. The summed E-state index contributed by atoms with van der Waals surface area (Å²) >= 11 is 6.35. The maximum absolute atomic E-state index is 13.3. The molecule has 176 valence electrons. The molecule has 3 aromatic rings. The fraction of sp³-hybridized carbons (Fsp3) is 0.417. The Bertz CT molecular complexity index is 1290. The fourth-order valence-corrected chi connectivity index (χ4v) is 6.24. The van der Waals surface area contributed by atoms with Gasteiger partial charge in [0.1, 0.15) is 5.82 Å². The van der Waals surface area contributed by atoms with Gasteiger partial charge in [0.2, 0.25) is 10.0 Å². The molecule has 2 aromatic carbocycles. The van der Waals surface area contributed by atoms with Crippen LogP contribution in [0.15, 0.2) is 42.5 Å². The smallest absolute Gasteiger partial charge is 0.251 e.